The van der Waals surface area contributed by atoms with Crippen LogP contribution in [0.1, 0.15) is 22.9 Å². The average Bonchev–Trinajstić information content (AvgIpc) is 2.86. The predicted molar refractivity (Wildman–Crippen MR) is 131 cm³/mol. The quantitative estimate of drug-likeness (QED) is 0.515. The SMILES string of the molecule is Nc1nc(CN2CCN(C(=O)C(c3ccccc3)c3ccccc3)CC2)nc2ccccc12. The smallest absolute Gasteiger partial charge is 0.234 e. The summed E-state index contributed by atoms with van der Waals surface area (Å²) >= 11 is 0. The molecule has 1 aliphatic rings. The minimum absolute atomic E-state index is 0.151. The summed E-state index contributed by atoms with van der Waals surface area (Å²) in [4.78, 5) is 27.1. The van der Waals surface area contributed by atoms with Crippen LogP contribution in [0.4, 0.5) is 5.82 Å². The highest BCUT2D eigenvalue weighted by atomic mass is 16.2. The maximum atomic E-state index is 13.6. The van der Waals surface area contributed by atoms with Gasteiger partial charge in [-0.05, 0) is 23.3 Å². The number of nitrogen functional groups attached to an aromatic ring is 1. The van der Waals surface area contributed by atoms with Crippen LogP contribution in [-0.4, -0.2) is 51.9 Å². The van der Waals surface area contributed by atoms with Crippen molar-refractivity contribution < 1.29 is 4.79 Å². The summed E-state index contributed by atoms with van der Waals surface area (Å²) in [5.41, 5.74) is 9.06. The van der Waals surface area contributed by atoms with E-state index in [1.807, 2.05) is 89.8 Å². The van der Waals surface area contributed by atoms with E-state index < -0.39 is 0 Å². The lowest BCUT2D eigenvalue weighted by atomic mass is 9.90. The molecule has 1 amide bonds. The number of carbonyl (C=O) groups is 1. The lowest BCUT2D eigenvalue weighted by Crippen LogP contribution is -2.49. The fourth-order valence-corrected chi connectivity index (χ4v) is 4.50. The third kappa shape index (κ3) is 4.56. The Morgan fingerprint density at radius 2 is 1.36 bits per heavy atom. The maximum Gasteiger partial charge on any atom is 0.234 e. The summed E-state index contributed by atoms with van der Waals surface area (Å²) in [6.45, 7) is 3.53. The van der Waals surface area contributed by atoms with E-state index in [4.69, 9.17) is 5.73 Å². The molecule has 6 nitrogen and oxygen atoms in total. The van der Waals surface area contributed by atoms with E-state index in [0.717, 1.165) is 40.9 Å². The van der Waals surface area contributed by atoms with E-state index in [1.54, 1.807) is 0 Å². The number of amides is 1. The summed E-state index contributed by atoms with van der Waals surface area (Å²) in [5.74, 6) is 1.09. The summed E-state index contributed by atoms with van der Waals surface area (Å²) in [5, 5.41) is 0.879. The van der Waals surface area contributed by atoms with E-state index in [1.165, 1.54) is 0 Å². The van der Waals surface area contributed by atoms with Crippen LogP contribution in [0, 0.1) is 0 Å². The van der Waals surface area contributed by atoms with Crippen molar-refractivity contribution in [3.05, 3.63) is 102 Å². The molecule has 0 bridgehead atoms. The van der Waals surface area contributed by atoms with Crippen molar-refractivity contribution >= 4 is 22.6 Å². The number of aromatic nitrogens is 2. The van der Waals surface area contributed by atoms with Crippen molar-refractivity contribution in [1.29, 1.82) is 0 Å². The maximum absolute atomic E-state index is 13.6. The van der Waals surface area contributed by atoms with Gasteiger partial charge >= 0.3 is 0 Å². The second-order valence-electron chi connectivity index (χ2n) is 8.40. The molecule has 0 spiro atoms. The minimum Gasteiger partial charge on any atom is -0.383 e. The van der Waals surface area contributed by atoms with Gasteiger partial charge in [0.2, 0.25) is 5.91 Å². The van der Waals surface area contributed by atoms with Crippen LogP contribution in [0.25, 0.3) is 10.9 Å². The number of para-hydroxylation sites is 1. The largest absolute Gasteiger partial charge is 0.383 e. The number of nitrogens with two attached hydrogens (primary N) is 1. The molecule has 3 aromatic carbocycles. The molecule has 4 aromatic rings. The van der Waals surface area contributed by atoms with Gasteiger partial charge in [0.1, 0.15) is 11.6 Å². The Hall–Kier alpha value is -3.77. The summed E-state index contributed by atoms with van der Waals surface area (Å²) in [6.07, 6.45) is 0. The first kappa shape index (κ1) is 21.1. The van der Waals surface area contributed by atoms with Gasteiger partial charge in [-0.2, -0.15) is 0 Å². The fraction of sp³-hybridized carbons (Fsp3) is 0.222. The summed E-state index contributed by atoms with van der Waals surface area (Å²) in [7, 11) is 0. The number of nitrogens with zero attached hydrogens (tertiary/aromatic N) is 4. The molecule has 1 saturated heterocycles. The molecule has 1 fully saturated rings. The normalized spacial score (nSPS) is 14.6. The molecule has 6 heteroatoms. The molecule has 0 unspecified atom stereocenters. The topological polar surface area (TPSA) is 75.3 Å². The van der Waals surface area contributed by atoms with Crippen LogP contribution in [0.5, 0.6) is 0 Å². The van der Waals surface area contributed by atoms with Gasteiger partial charge in [0.25, 0.3) is 0 Å². The van der Waals surface area contributed by atoms with Gasteiger partial charge in [-0.3, -0.25) is 9.69 Å². The number of piperazine rings is 1. The molecule has 2 heterocycles. The van der Waals surface area contributed by atoms with E-state index in [-0.39, 0.29) is 11.8 Å². The molecule has 33 heavy (non-hydrogen) atoms. The number of hydrogen-bond acceptors (Lipinski definition) is 5. The zero-order valence-corrected chi connectivity index (χ0v) is 18.5. The lowest BCUT2D eigenvalue weighted by Gasteiger charge is -2.36. The highest BCUT2D eigenvalue weighted by Crippen LogP contribution is 2.27. The Labute approximate surface area is 193 Å². The van der Waals surface area contributed by atoms with Crippen LogP contribution in [0.2, 0.25) is 0 Å². The Morgan fingerprint density at radius 1 is 0.788 bits per heavy atom. The number of rotatable bonds is 5. The van der Waals surface area contributed by atoms with Gasteiger partial charge in [-0.1, -0.05) is 72.8 Å². The van der Waals surface area contributed by atoms with E-state index in [0.29, 0.717) is 25.5 Å². The van der Waals surface area contributed by atoms with Crippen LogP contribution in [0.3, 0.4) is 0 Å². The van der Waals surface area contributed by atoms with Gasteiger partial charge in [-0.15, -0.1) is 0 Å². The number of anilines is 1. The zero-order chi connectivity index (χ0) is 22.6. The Morgan fingerprint density at radius 3 is 2.00 bits per heavy atom. The number of fused-ring (bicyclic) bond motifs is 1. The molecular formula is C27H27N5O. The standard InChI is InChI=1S/C27H27N5O/c28-26-22-13-7-8-14-23(22)29-24(30-26)19-31-15-17-32(18-16-31)27(33)25(20-9-3-1-4-10-20)21-11-5-2-6-12-21/h1-14,25H,15-19H2,(H2,28,29,30). The second kappa shape index (κ2) is 9.38. The number of benzene rings is 3. The molecule has 0 aliphatic carbocycles. The summed E-state index contributed by atoms with van der Waals surface area (Å²) in [6, 6.07) is 27.9. The molecular weight excluding hydrogens is 410 g/mol. The average molecular weight is 438 g/mol. The molecule has 1 aliphatic heterocycles. The van der Waals surface area contributed by atoms with Gasteiger partial charge in [0, 0.05) is 31.6 Å². The Balaban J connectivity index is 1.28. The van der Waals surface area contributed by atoms with Crippen molar-refractivity contribution in [1.82, 2.24) is 19.8 Å². The monoisotopic (exact) mass is 437 g/mol. The molecule has 1 aromatic heterocycles. The first-order valence-electron chi connectivity index (χ1n) is 11.3. The van der Waals surface area contributed by atoms with E-state index >= 15 is 0 Å². The molecule has 5 rings (SSSR count). The van der Waals surface area contributed by atoms with Crippen LogP contribution < -0.4 is 5.73 Å². The van der Waals surface area contributed by atoms with Gasteiger partial charge < -0.3 is 10.6 Å². The molecule has 0 atom stereocenters. The summed E-state index contributed by atoms with van der Waals surface area (Å²) < 4.78 is 0. The highest BCUT2D eigenvalue weighted by molar-refractivity contribution is 5.88. The van der Waals surface area contributed by atoms with E-state index in [2.05, 4.69) is 14.9 Å². The predicted octanol–water partition coefficient (Wildman–Crippen LogP) is 3.69. The van der Waals surface area contributed by atoms with Crippen molar-refractivity contribution in [2.75, 3.05) is 31.9 Å². The molecule has 2 N–H and O–H groups in total. The number of carbonyl (C=O) groups excluding carboxylic acids is 1. The minimum atomic E-state index is -0.289. The third-order valence-corrected chi connectivity index (χ3v) is 6.24. The zero-order valence-electron chi connectivity index (χ0n) is 18.5. The fourth-order valence-electron chi connectivity index (χ4n) is 4.50. The molecule has 0 saturated carbocycles. The second-order valence-corrected chi connectivity index (χ2v) is 8.40. The van der Waals surface area contributed by atoms with Crippen molar-refractivity contribution in [3.8, 4) is 0 Å². The van der Waals surface area contributed by atoms with Crippen molar-refractivity contribution in [2.45, 2.75) is 12.5 Å². The van der Waals surface area contributed by atoms with Crippen LogP contribution in [-0.2, 0) is 11.3 Å². The van der Waals surface area contributed by atoms with Gasteiger partial charge in [0.05, 0.1) is 18.0 Å². The van der Waals surface area contributed by atoms with Crippen LogP contribution >= 0.6 is 0 Å². The Kier molecular flexibility index (Phi) is 6.00. The lowest BCUT2D eigenvalue weighted by molar-refractivity contribution is -0.133. The van der Waals surface area contributed by atoms with Gasteiger partial charge in [0.15, 0.2) is 0 Å². The van der Waals surface area contributed by atoms with Crippen molar-refractivity contribution in [2.24, 2.45) is 0 Å². The van der Waals surface area contributed by atoms with Crippen molar-refractivity contribution in [3.63, 3.8) is 0 Å². The van der Waals surface area contributed by atoms with Gasteiger partial charge in [-0.25, -0.2) is 9.97 Å². The Bertz CT molecular complexity index is 1200. The highest BCUT2D eigenvalue weighted by Gasteiger charge is 2.30. The first-order chi connectivity index (χ1) is 16.2. The number of hydrogen-bond donors (Lipinski definition) is 1. The van der Waals surface area contributed by atoms with E-state index in [9.17, 15) is 4.79 Å². The molecule has 0 radical (unpaired) electrons. The van der Waals surface area contributed by atoms with Crippen LogP contribution in [0.15, 0.2) is 84.9 Å². The molecule has 166 valence electrons. The first-order valence-corrected chi connectivity index (χ1v) is 11.3. The third-order valence-electron chi connectivity index (χ3n) is 6.24.